The Morgan fingerprint density at radius 3 is 2.59 bits per heavy atom. The number of carbonyl (C=O) groups is 4. The summed E-state index contributed by atoms with van der Waals surface area (Å²) in [7, 11) is 0. The normalized spacial score (nSPS) is 38.1. The average molecular weight is 517 g/mol. The maximum absolute atomic E-state index is 13.8. The van der Waals surface area contributed by atoms with Crippen molar-refractivity contribution >= 4 is 23.7 Å². The van der Waals surface area contributed by atoms with Gasteiger partial charge in [-0.3, -0.25) is 14.4 Å². The quantitative estimate of drug-likeness (QED) is 0.470. The highest BCUT2D eigenvalue weighted by Crippen LogP contribution is 2.68. The monoisotopic (exact) mass is 516 g/mol. The Labute approximate surface area is 218 Å². The van der Waals surface area contributed by atoms with Crippen molar-refractivity contribution in [1.82, 2.24) is 0 Å². The van der Waals surface area contributed by atoms with Crippen molar-refractivity contribution in [2.45, 2.75) is 90.8 Å². The minimum Gasteiger partial charge on any atom is -0.457 e. The van der Waals surface area contributed by atoms with Crippen molar-refractivity contribution in [1.29, 1.82) is 0 Å². The van der Waals surface area contributed by atoms with Crippen LogP contribution in [0.15, 0.2) is 23.8 Å². The number of hydrogen-bond donors (Lipinski definition) is 1. The van der Waals surface area contributed by atoms with Crippen LogP contribution in [-0.2, 0) is 28.6 Å². The summed E-state index contributed by atoms with van der Waals surface area (Å²) in [5.41, 5.74) is -1.81. The largest absolute Gasteiger partial charge is 0.509 e. The Bertz CT molecular complexity index is 1010. The Hall–Kier alpha value is -2.48. The summed E-state index contributed by atoms with van der Waals surface area (Å²) in [6.07, 6.45) is 7.93. The van der Waals surface area contributed by atoms with E-state index in [1.54, 1.807) is 19.1 Å². The fourth-order valence-corrected chi connectivity index (χ4v) is 7.94. The van der Waals surface area contributed by atoms with Crippen molar-refractivity contribution in [2.24, 2.45) is 28.6 Å². The van der Waals surface area contributed by atoms with Gasteiger partial charge >= 0.3 is 12.1 Å². The highest BCUT2D eigenvalue weighted by Gasteiger charge is 2.70. The number of carbonyl (C=O) groups excluding carboxylic acids is 4. The van der Waals surface area contributed by atoms with E-state index in [0.29, 0.717) is 12.8 Å². The van der Waals surface area contributed by atoms with E-state index in [9.17, 15) is 24.3 Å². The lowest BCUT2D eigenvalue weighted by atomic mass is 9.46. The molecule has 0 saturated heterocycles. The summed E-state index contributed by atoms with van der Waals surface area (Å²) in [6, 6.07) is 0. The molecule has 0 amide bonds. The van der Waals surface area contributed by atoms with Crippen molar-refractivity contribution in [3.8, 4) is 0 Å². The van der Waals surface area contributed by atoms with Gasteiger partial charge in [0.1, 0.15) is 0 Å². The number of esters is 1. The fraction of sp³-hybridized carbons (Fsp3) is 0.724. The van der Waals surface area contributed by atoms with Crippen LogP contribution >= 0.6 is 0 Å². The lowest BCUT2D eigenvalue weighted by Crippen LogP contribution is -2.63. The van der Waals surface area contributed by atoms with Crippen LogP contribution in [0.4, 0.5) is 4.79 Å². The summed E-state index contributed by atoms with van der Waals surface area (Å²) < 4.78 is 16.3. The first-order valence-corrected chi connectivity index (χ1v) is 13.7. The van der Waals surface area contributed by atoms with Gasteiger partial charge in [-0.15, -0.1) is 0 Å². The number of Topliss-reactive ketones (excluding diaryl/α,β-unsaturated/α-hetero) is 1. The van der Waals surface area contributed by atoms with Crippen LogP contribution in [0.5, 0.6) is 0 Å². The van der Waals surface area contributed by atoms with Crippen LogP contribution in [0, 0.1) is 28.6 Å². The number of fused-ring (bicyclic) bond motifs is 5. The van der Waals surface area contributed by atoms with Gasteiger partial charge in [-0.2, -0.15) is 0 Å². The maximum Gasteiger partial charge on any atom is 0.509 e. The topological polar surface area (TPSA) is 116 Å². The highest BCUT2D eigenvalue weighted by atomic mass is 16.7. The van der Waals surface area contributed by atoms with Crippen LogP contribution in [0.3, 0.4) is 0 Å². The molecule has 4 aliphatic carbocycles. The Kier molecular flexibility index (Phi) is 7.71. The van der Waals surface area contributed by atoms with Gasteiger partial charge in [0.25, 0.3) is 0 Å². The zero-order chi connectivity index (χ0) is 27.0. The van der Waals surface area contributed by atoms with Gasteiger partial charge in [-0.1, -0.05) is 38.8 Å². The summed E-state index contributed by atoms with van der Waals surface area (Å²) in [6.45, 7) is 7.25. The molecule has 1 N–H and O–H groups in total. The molecule has 0 aromatic heterocycles. The fourth-order valence-electron chi connectivity index (χ4n) is 7.94. The molecule has 37 heavy (non-hydrogen) atoms. The number of ether oxygens (including phenoxy) is 3. The predicted octanol–water partition coefficient (Wildman–Crippen LogP) is 4.48. The Morgan fingerprint density at radius 2 is 1.89 bits per heavy atom. The smallest absolute Gasteiger partial charge is 0.457 e. The number of unbranched alkanes of at least 4 members (excludes halogenated alkanes) is 1. The second-order valence-electron chi connectivity index (χ2n) is 11.5. The second kappa shape index (κ2) is 10.4. The molecule has 3 saturated carbocycles. The van der Waals surface area contributed by atoms with E-state index in [4.69, 9.17) is 14.2 Å². The molecule has 0 spiro atoms. The molecule has 0 aromatic rings. The molecular formula is C29H40O8. The predicted molar refractivity (Wildman–Crippen MR) is 134 cm³/mol. The van der Waals surface area contributed by atoms with E-state index < -0.39 is 47.0 Å². The molecule has 7 atom stereocenters. The van der Waals surface area contributed by atoms with Crippen molar-refractivity contribution in [3.05, 3.63) is 23.8 Å². The molecule has 8 nitrogen and oxygen atoms in total. The lowest BCUT2D eigenvalue weighted by Gasteiger charge is -2.59. The van der Waals surface area contributed by atoms with Crippen molar-refractivity contribution < 1.29 is 38.5 Å². The third kappa shape index (κ3) is 4.55. The van der Waals surface area contributed by atoms with E-state index in [1.807, 2.05) is 19.9 Å². The van der Waals surface area contributed by atoms with Gasteiger partial charge in [-0.25, -0.2) is 4.79 Å². The minimum atomic E-state index is -1.56. The van der Waals surface area contributed by atoms with Crippen LogP contribution in [0.1, 0.15) is 79.1 Å². The van der Waals surface area contributed by atoms with E-state index in [1.165, 1.54) is 0 Å². The van der Waals surface area contributed by atoms with E-state index in [2.05, 4.69) is 6.92 Å². The number of rotatable bonds is 8. The molecule has 204 valence electrons. The first-order valence-electron chi connectivity index (χ1n) is 13.7. The van der Waals surface area contributed by atoms with Gasteiger partial charge in [0.05, 0.1) is 12.7 Å². The molecule has 8 heteroatoms. The van der Waals surface area contributed by atoms with Gasteiger partial charge < -0.3 is 19.3 Å². The van der Waals surface area contributed by atoms with E-state index >= 15 is 0 Å². The first kappa shape index (κ1) is 27.6. The van der Waals surface area contributed by atoms with Crippen molar-refractivity contribution in [2.75, 3.05) is 13.2 Å². The SMILES string of the molecule is CCCCC(=O)OCC(=O)[C@@]1(OC(=O)OCC)CC[C@H]2[C@@H]3CCC4=CC(=O)C=C[C@]4(C)[C@H]3C(O)C[C@@]21C. The minimum absolute atomic E-state index is 0.000488. The number of aliphatic hydroxyl groups excluding tert-OH is 1. The summed E-state index contributed by atoms with van der Waals surface area (Å²) >= 11 is 0. The molecule has 0 heterocycles. The number of aliphatic hydroxyl groups is 1. The summed E-state index contributed by atoms with van der Waals surface area (Å²) in [5.74, 6) is -0.992. The Balaban J connectivity index is 1.66. The molecule has 1 unspecified atom stereocenters. The molecule has 4 aliphatic rings. The Morgan fingerprint density at radius 1 is 1.14 bits per heavy atom. The molecule has 3 fully saturated rings. The van der Waals surface area contributed by atoms with Crippen LogP contribution in [-0.4, -0.2) is 53.7 Å². The number of ketones is 2. The molecule has 0 aliphatic heterocycles. The average Bonchev–Trinajstić information content (AvgIpc) is 3.13. The molecule has 0 aromatic carbocycles. The van der Waals surface area contributed by atoms with Crippen LogP contribution < -0.4 is 0 Å². The highest BCUT2D eigenvalue weighted by molar-refractivity contribution is 6.01. The van der Waals surface area contributed by atoms with Gasteiger partial charge in [0.15, 0.2) is 18.0 Å². The standard InChI is InChI=1S/C29H40O8/c1-5-7-8-24(33)36-17-23(32)29(37-26(34)35-6-2)14-12-21-20-10-9-18-15-19(30)11-13-27(18,3)25(20)22(31)16-28(21,29)4/h11,13,15,20-22,25,31H,5-10,12,14,16-17H2,1-4H3/t20-,21-,22?,25+,27-,28-,29-/m0/s1. The van der Waals surface area contributed by atoms with Gasteiger partial charge in [0.2, 0.25) is 5.78 Å². The third-order valence-corrected chi connectivity index (χ3v) is 9.68. The zero-order valence-electron chi connectivity index (χ0n) is 22.4. The molecule has 0 bridgehead atoms. The summed E-state index contributed by atoms with van der Waals surface area (Å²) in [4.78, 5) is 50.6. The zero-order valence-corrected chi connectivity index (χ0v) is 22.4. The molecule has 4 rings (SSSR count). The van der Waals surface area contributed by atoms with Crippen LogP contribution in [0.25, 0.3) is 0 Å². The number of allylic oxidation sites excluding steroid dienone is 4. The van der Waals surface area contributed by atoms with Gasteiger partial charge in [-0.05, 0) is 69.4 Å². The van der Waals surface area contributed by atoms with E-state index in [0.717, 1.165) is 24.8 Å². The first-order chi connectivity index (χ1) is 17.5. The van der Waals surface area contributed by atoms with Crippen LogP contribution in [0.2, 0.25) is 0 Å². The maximum atomic E-state index is 13.8. The second-order valence-corrected chi connectivity index (χ2v) is 11.5. The molecular weight excluding hydrogens is 476 g/mol. The van der Waals surface area contributed by atoms with Gasteiger partial charge in [0, 0.05) is 23.2 Å². The number of hydrogen-bond acceptors (Lipinski definition) is 8. The van der Waals surface area contributed by atoms with Crippen molar-refractivity contribution in [3.63, 3.8) is 0 Å². The van der Waals surface area contributed by atoms with E-state index in [-0.39, 0.29) is 49.4 Å². The lowest BCUT2D eigenvalue weighted by molar-refractivity contribution is -0.185. The third-order valence-electron chi connectivity index (χ3n) is 9.68. The summed E-state index contributed by atoms with van der Waals surface area (Å²) in [5, 5.41) is 11.6. The molecule has 0 radical (unpaired) electrons.